The Kier molecular flexibility index (Phi) is 1.89. The van der Waals surface area contributed by atoms with Gasteiger partial charge in [-0.1, -0.05) is 0 Å². The molecule has 1 N–H and O–H groups in total. The van der Waals surface area contributed by atoms with Crippen LogP contribution in [0, 0.1) is 0 Å². The zero-order valence-electron chi connectivity index (χ0n) is 5.25. The van der Waals surface area contributed by atoms with Gasteiger partial charge < -0.3 is 9.52 Å². The van der Waals surface area contributed by atoms with E-state index in [-0.39, 0.29) is 0 Å². The molecule has 0 atom stereocenters. The fraction of sp³-hybridized carbons (Fsp3) is 0.167. The van der Waals surface area contributed by atoms with Crippen molar-refractivity contribution in [2.75, 3.05) is 0 Å². The van der Waals surface area contributed by atoms with E-state index in [0.29, 0.717) is 0 Å². The molecule has 3 nitrogen and oxygen atoms in total. The number of hydrogen-bond acceptors (Lipinski definition) is 2. The first-order chi connectivity index (χ1) is 5.13. The third-order valence-corrected chi connectivity index (χ3v) is 1.13. The van der Waals surface area contributed by atoms with E-state index in [2.05, 4.69) is 4.42 Å². The summed E-state index contributed by atoms with van der Waals surface area (Å²) in [7, 11) is 0. The standard InChI is InChI=1S/C6H4F2O3/c7-5(8)3-1-2-11-4(3)6(9)10/h1-2,5H,(H,9,10). The van der Waals surface area contributed by atoms with Crippen LogP contribution < -0.4 is 0 Å². The largest absolute Gasteiger partial charge is 0.475 e. The molecule has 1 aromatic rings. The Balaban J connectivity index is 3.06. The Morgan fingerprint density at radius 1 is 1.64 bits per heavy atom. The van der Waals surface area contributed by atoms with E-state index in [9.17, 15) is 13.6 Å². The van der Waals surface area contributed by atoms with Crippen LogP contribution in [0.3, 0.4) is 0 Å². The van der Waals surface area contributed by atoms with Gasteiger partial charge in [0.15, 0.2) is 0 Å². The van der Waals surface area contributed by atoms with Crippen molar-refractivity contribution in [2.45, 2.75) is 6.43 Å². The number of aromatic carboxylic acids is 1. The van der Waals surface area contributed by atoms with E-state index in [1.807, 2.05) is 0 Å². The molecule has 0 bridgehead atoms. The second-order valence-corrected chi connectivity index (χ2v) is 1.81. The van der Waals surface area contributed by atoms with Crippen molar-refractivity contribution < 1.29 is 23.1 Å². The van der Waals surface area contributed by atoms with Gasteiger partial charge in [-0.2, -0.15) is 0 Å². The molecule has 60 valence electrons. The van der Waals surface area contributed by atoms with Crippen molar-refractivity contribution >= 4 is 5.97 Å². The highest BCUT2D eigenvalue weighted by Gasteiger charge is 2.20. The van der Waals surface area contributed by atoms with Crippen LogP contribution in [0.2, 0.25) is 0 Å². The molecular weight excluding hydrogens is 158 g/mol. The van der Waals surface area contributed by atoms with E-state index in [1.54, 1.807) is 0 Å². The zero-order chi connectivity index (χ0) is 8.43. The van der Waals surface area contributed by atoms with Crippen molar-refractivity contribution in [1.29, 1.82) is 0 Å². The first kappa shape index (κ1) is 7.71. The Morgan fingerprint density at radius 3 is 2.64 bits per heavy atom. The lowest BCUT2D eigenvalue weighted by Gasteiger charge is -1.93. The fourth-order valence-electron chi connectivity index (χ4n) is 0.665. The molecule has 1 rings (SSSR count). The maximum atomic E-state index is 11.9. The third kappa shape index (κ3) is 1.36. The summed E-state index contributed by atoms with van der Waals surface area (Å²) in [6.07, 6.45) is -1.88. The quantitative estimate of drug-likeness (QED) is 0.722. The molecule has 0 amide bonds. The minimum Gasteiger partial charge on any atom is -0.475 e. The van der Waals surface area contributed by atoms with E-state index in [1.165, 1.54) is 0 Å². The van der Waals surface area contributed by atoms with E-state index >= 15 is 0 Å². The molecule has 0 saturated heterocycles. The number of furan rings is 1. The van der Waals surface area contributed by atoms with Crippen LogP contribution in [0.1, 0.15) is 22.5 Å². The summed E-state index contributed by atoms with van der Waals surface area (Å²) in [6.45, 7) is 0. The van der Waals surface area contributed by atoms with Gasteiger partial charge in [0.2, 0.25) is 5.76 Å². The van der Waals surface area contributed by atoms with Gasteiger partial charge in [-0.15, -0.1) is 0 Å². The Hall–Kier alpha value is -1.39. The molecule has 0 aliphatic carbocycles. The molecule has 0 aliphatic heterocycles. The van der Waals surface area contributed by atoms with Crippen LogP contribution in [-0.4, -0.2) is 11.1 Å². The predicted molar refractivity (Wildman–Crippen MR) is 30.6 cm³/mol. The highest BCUT2D eigenvalue weighted by molar-refractivity contribution is 5.86. The number of halogens is 2. The molecule has 11 heavy (non-hydrogen) atoms. The minimum absolute atomic E-state index is 0.586. The summed E-state index contributed by atoms with van der Waals surface area (Å²) < 4.78 is 28.1. The lowest BCUT2D eigenvalue weighted by molar-refractivity contribution is 0.0646. The van der Waals surface area contributed by atoms with Crippen LogP contribution in [0.5, 0.6) is 0 Å². The molecule has 0 spiro atoms. The van der Waals surface area contributed by atoms with E-state index in [0.717, 1.165) is 12.3 Å². The minimum atomic E-state index is -2.81. The zero-order valence-corrected chi connectivity index (χ0v) is 5.25. The second kappa shape index (κ2) is 2.69. The van der Waals surface area contributed by atoms with Crippen molar-refractivity contribution in [3.8, 4) is 0 Å². The van der Waals surface area contributed by atoms with Crippen LogP contribution in [-0.2, 0) is 0 Å². The average molecular weight is 162 g/mol. The van der Waals surface area contributed by atoms with Crippen molar-refractivity contribution in [1.82, 2.24) is 0 Å². The van der Waals surface area contributed by atoms with Crippen LogP contribution in [0.15, 0.2) is 16.7 Å². The number of carboxylic acid groups (broad SMARTS) is 1. The summed E-state index contributed by atoms with van der Waals surface area (Å²) in [5.41, 5.74) is -0.586. The molecule has 0 saturated carbocycles. The van der Waals surface area contributed by atoms with Gasteiger partial charge in [0.1, 0.15) is 0 Å². The number of rotatable bonds is 2. The molecule has 1 aromatic heterocycles. The lowest BCUT2D eigenvalue weighted by Crippen LogP contribution is -1.98. The fourth-order valence-corrected chi connectivity index (χ4v) is 0.665. The highest BCUT2D eigenvalue weighted by atomic mass is 19.3. The molecule has 0 unspecified atom stereocenters. The lowest BCUT2D eigenvalue weighted by atomic mass is 10.2. The first-order valence-corrected chi connectivity index (χ1v) is 2.71. The van der Waals surface area contributed by atoms with Gasteiger partial charge in [0, 0.05) is 0 Å². The van der Waals surface area contributed by atoms with E-state index < -0.39 is 23.7 Å². The summed E-state index contributed by atoms with van der Waals surface area (Å²) in [4.78, 5) is 10.2. The molecule has 5 heteroatoms. The first-order valence-electron chi connectivity index (χ1n) is 2.71. The molecule has 0 aliphatic rings. The summed E-state index contributed by atoms with van der Waals surface area (Å²) >= 11 is 0. The predicted octanol–water partition coefficient (Wildman–Crippen LogP) is 1.92. The maximum Gasteiger partial charge on any atom is 0.372 e. The van der Waals surface area contributed by atoms with Crippen LogP contribution in [0.4, 0.5) is 8.78 Å². The van der Waals surface area contributed by atoms with Gasteiger partial charge in [0.25, 0.3) is 6.43 Å². The van der Waals surface area contributed by atoms with Gasteiger partial charge in [-0.3, -0.25) is 0 Å². The summed E-state index contributed by atoms with van der Waals surface area (Å²) in [5.74, 6) is -2.18. The molecule has 0 fully saturated rings. The Morgan fingerprint density at radius 2 is 2.27 bits per heavy atom. The highest BCUT2D eigenvalue weighted by Crippen LogP contribution is 2.23. The van der Waals surface area contributed by atoms with Crippen molar-refractivity contribution in [3.63, 3.8) is 0 Å². The number of carboxylic acids is 1. The van der Waals surface area contributed by atoms with Crippen molar-refractivity contribution in [3.05, 3.63) is 23.7 Å². The Labute approximate surface area is 60.2 Å². The summed E-state index contributed by atoms with van der Waals surface area (Å²) in [6, 6.07) is 0.939. The third-order valence-electron chi connectivity index (χ3n) is 1.13. The molecule has 0 radical (unpaired) electrons. The Bertz CT molecular complexity index is 267. The van der Waals surface area contributed by atoms with Crippen LogP contribution in [0.25, 0.3) is 0 Å². The number of alkyl halides is 2. The second-order valence-electron chi connectivity index (χ2n) is 1.81. The summed E-state index contributed by atoms with van der Waals surface area (Å²) in [5, 5.41) is 8.28. The topological polar surface area (TPSA) is 50.4 Å². The molecular formula is C6H4F2O3. The smallest absolute Gasteiger partial charge is 0.372 e. The molecule has 1 heterocycles. The van der Waals surface area contributed by atoms with E-state index in [4.69, 9.17) is 5.11 Å². The normalized spacial score (nSPS) is 10.5. The monoisotopic (exact) mass is 162 g/mol. The van der Waals surface area contributed by atoms with Gasteiger partial charge >= 0.3 is 5.97 Å². The van der Waals surface area contributed by atoms with Gasteiger partial charge in [0.05, 0.1) is 11.8 Å². The van der Waals surface area contributed by atoms with Gasteiger partial charge in [-0.25, -0.2) is 13.6 Å². The van der Waals surface area contributed by atoms with Crippen molar-refractivity contribution in [2.24, 2.45) is 0 Å². The van der Waals surface area contributed by atoms with Crippen LogP contribution >= 0.6 is 0 Å². The maximum absolute atomic E-state index is 11.9. The SMILES string of the molecule is O=C(O)c1occc1C(F)F. The average Bonchev–Trinajstić information content (AvgIpc) is 2.32. The van der Waals surface area contributed by atoms with Gasteiger partial charge in [-0.05, 0) is 6.07 Å². The number of carbonyl (C=O) groups is 1. The molecule has 0 aromatic carbocycles. The number of hydrogen-bond donors (Lipinski definition) is 1.